The van der Waals surface area contributed by atoms with Crippen molar-refractivity contribution in [1.82, 2.24) is 4.90 Å². The second kappa shape index (κ2) is 7.00. The molecule has 136 valence electrons. The highest BCUT2D eigenvalue weighted by Crippen LogP contribution is 2.36. The Morgan fingerprint density at radius 3 is 2.35 bits per heavy atom. The molecule has 3 aromatic rings. The molecular weight excluding hydrogens is 392 g/mol. The van der Waals surface area contributed by atoms with Crippen molar-refractivity contribution in [2.75, 3.05) is 7.05 Å². The van der Waals surface area contributed by atoms with Crippen molar-refractivity contribution in [3.8, 4) is 0 Å². The smallest absolute Gasteiger partial charge is 0.265 e. The fourth-order valence-electron chi connectivity index (χ4n) is 2.65. The molecule has 2 N–H and O–H groups in total. The van der Waals surface area contributed by atoms with Crippen LogP contribution in [0.5, 0.6) is 0 Å². The van der Waals surface area contributed by atoms with Crippen LogP contribution in [0.4, 0.5) is 0 Å². The van der Waals surface area contributed by atoms with Crippen molar-refractivity contribution >= 4 is 49.0 Å². The van der Waals surface area contributed by atoms with Gasteiger partial charge in [-0.2, -0.15) is 0 Å². The molecule has 0 aliphatic rings. The van der Waals surface area contributed by atoms with E-state index in [1.807, 2.05) is 31.2 Å². The van der Waals surface area contributed by atoms with E-state index in [0.717, 1.165) is 15.6 Å². The van der Waals surface area contributed by atoms with Crippen LogP contribution in [0.15, 0.2) is 53.4 Å². The molecule has 0 aliphatic heterocycles. The molecule has 3 rings (SSSR count). The molecule has 2 aromatic carbocycles. The average Bonchev–Trinajstić information content (AvgIpc) is 2.96. The maximum Gasteiger partial charge on any atom is 0.265 e. The highest BCUT2D eigenvalue weighted by atomic mass is 35.5. The number of fused-ring (bicyclic) bond motifs is 1. The zero-order valence-corrected chi connectivity index (χ0v) is 16.5. The van der Waals surface area contributed by atoms with Crippen LogP contribution in [0.1, 0.15) is 28.2 Å². The lowest BCUT2D eigenvalue weighted by Crippen LogP contribution is -2.29. The predicted octanol–water partition coefficient (Wildman–Crippen LogP) is 4.04. The summed E-state index contributed by atoms with van der Waals surface area (Å²) < 4.78 is 23.7. The first kappa shape index (κ1) is 18.8. The number of halogens is 1. The Hall–Kier alpha value is -1.93. The molecular formula is C18H17ClN2O3S2. The molecule has 0 bridgehead atoms. The van der Waals surface area contributed by atoms with Crippen molar-refractivity contribution < 1.29 is 13.2 Å². The largest absolute Gasteiger partial charge is 0.334 e. The van der Waals surface area contributed by atoms with E-state index >= 15 is 0 Å². The lowest BCUT2D eigenvalue weighted by molar-refractivity contribution is 0.0747. The third-order valence-corrected chi connectivity index (χ3v) is 6.91. The monoisotopic (exact) mass is 408 g/mol. The number of benzene rings is 2. The van der Waals surface area contributed by atoms with Crippen LogP contribution in [0, 0.1) is 0 Å². The molecule has 0 aliphatic carbocycles. The zero-order chi connectivity index (χ0) is 19.1. The molecule has 1 heterocycles. The van der Waals surface area contributed by atoms with Gasteiger partial charge >= 0.3 is 0 Å². The van der Waals surface area contributed by atoms with Crippen LogP contribution in [0.2, 0.25) is 5.02 Å². The highest BCUT2D eigenvalue weighted by molar-refractivity contribution is 7.89. The summed E-state index contributed by atoms with van der Waals surface area (Å²) in [5, 5.41) is 6.43. The molecule has 0 spiro atoms. The summed E-state index contributed by atoms with van der Waals surface area (Å²) in [5.41, 5.74) is 0.797. The van der Waals surface area contributed by atoms with E-state index in [1.165, 1.54) is 23.5 Å². The van der Waals surface area contributed by atoms with Crippen LogP contribution in [-0.2, 0) is 10.0 Å². The summed E-state index contributed by atoms with van der Waals surface area (Å²) in [4.78, 5) is 15.0. The van der Waals surface area contributed by atoms with E-state index < -0.39 is 10.0 Å². The second-order valence-corrected chi connectivity index (χ2v) is 8.94. The van der Waals surface area contributed by atoms with E-state index in [-0.39, 0.29) is 16.8 Å². The highest BCUT2D eigenvalue weighted by Gasteiger charge is 2.24. The summed E-state index contributed by atoms with van der Waals surface area (Å²) in [7, 11) is -2.05. The Balaban J connectivity index is 1.88. The Morgan fingerprint density at radius 1 is 1.15 bits per heavy atom. The van der Waals surface area contributed by atoms with E-state index in [9.17, 15) is 13.2 Å². The molecule has 1 unspecified atom stereocenters. The maximum absolute atomic E-state index is 12.9. The fraction of sp³-hybridized carbons (Fsp3) is 0.167. The van der Waals surface area contributed by atoms with Gasteiger partial charge in [-0.05, 0) is 30.7 Å². The van der Waals surface area contributed by atoms with Gasteiger partial charge in [0.15, 0.2) is 0 Å². The van der Waals surface area contributed by atoms with Crippen molar-refractivity contribution in [3.05, 3.63) is 64.0 Å². The minimum absolute atomic E-state index is 0.0370. The van der Waals surface area contributed by atoms with E-state index in [4.69, 9.17) is 16.7 Å². The molecule has 1 aromatic heterocycles. The number of hydrogen-bond donors (Lipinski definition) is 1. The number of rotatable bonds is 4. The van der Waals surface area contributed by atoms with Gasteiger partial charge in [0.2, 0.25) is 10.0 Å². The minimum atomic E-state index is -3.74. The van der Waals surface area contributed by atoms with E-state index in [2.05, 4.69) is 0 Å². The SMILES string of the molecule is CC(c1ccc(S(N)(=O)=O)cc1)N(C)C(=O)c1sc2ccccc2c1Cl. The first-order valence-corrected chi connectivity index (χ1v) is 10.5. The molecule has 26 heavy (non-hydrogen) atoms. The third kappa shape index (κ3) is 3.48. The van der Waals surface area contributed by atoms with Gasteiger partial charge in [-0.1, -0.05) is 41.9 Å². The van der Waals surface area contributed by atoms with Crippen molar-refractivity contribution in [2.24, 2.45) is 5.14 Å². The van der Waals surface area contributed by atoms with Gasteiger partial charge in [0.25, 0.3) is 5.91 Å². The quantitative estimate of drug-likeness (QED) is 0.707. The molecule has 0 saturated carbocycles. The maximum atomic E-state index is 12.9. The Bertz CT molecular complexity index is 1080. The van der Waals surface area contributed by atoms with Crippen molar-refractivity contribution in [2.45, 2.75) is 17.9 Å². The lowest BCUT2D eigenvalue weighted by Gasteiger charge is -2.25. The van der Waals surface area contributed by atoms with Gasteiger partial charge in [-0.3, -0.25) is 4.79 Å². The van der Waals surface area contributed by atoms with Crippen molar-refractivity contribution in [1.29, 1.82) is 0 Å². The topological polar surface area (TPSA) is 80.5 Å². The van der Waals surface area contributed by atoms with Gasteiger partial charge in [-0.15, -0.1) is 11.3 Å². The predicted molar refractivity (Wildman–Crippen MR) is 105 cm³/mol. The number of nitrogens with two attached hydrogens (primary N) is 1. The molecule has 0 fully saturated rings. The summed E-state index contributed by atoms with van der Waals surface area (Å²) in [5.74, 6) is -0.181. The number of thiophene rings is 1. The second-order valence-electron chi connectivity index (χ2n) is 5.95. The van der Waals surface area contributed by atoms with Gasteiger partial charge in [-0.25, -0.2) is 13.6 Å². The van der Waals surface area contributed by atoms with Crippen molar-refractivity contribution in [3.63, 3.8) is 0 Å². The van der Waals surface area contributed by atoms with Gasteiger partial charge in [0.05, 0.1) is 16.0 Å². The van der Waals surface area contributed by atoms with Gasteiger partial charge < -0.3 is 4.90 Å². The Labute approximate surface area is 161 Å². The Kier molecular flexibility index (Phi) is 5.07. The van der Waals surface area contributed by atoms with E-state index in [1.54, 1.807) is 24.1 Å². The summed E-state index contributed by atoms with van der Waals surface area (Å²) >= 11 is 7.76. The summed E-state index contributed by atoms with van der Waals surface area (Å²) in [6.45, 7) is 1.87. The Morgan fingerprint density at radius 2 is 1.77 bits per heavy atom. The summed E-state index contributed by atoms with van der Waals surface area (Å²) in [6.07, 6.45) is 0. The number of hydrogen-bond acceptors (Lipinski definition) is 4. The van der Waals surface area contributed by atoms with Crippen LogP contribution in [0.3, 0.4) is 0 Å². The van der Waals surface area contributed by atoms with Crippen LogP contribution < -0.4 is 5.14 Å². The number of carbonyl (C=O) groups is 1. The summed E-state index contributed by atoms with van der Waals surface area (Å²) in [6, 6.07) is 13.5. The van der Waals surface area contributed by atoms with E-state index in [0.29, 0.717) is 9.90 Å². The molecule has 1 atom stereocenters. The van der Waals surface area contributed by atoms with Crippen LogP contribution >= 0.6 is 22.9 Å². The number of primary sulfonamides is 1. The molecule has 8 heteroatoms. The number of amides is 1. The normalized spacial score (nSPS) is 12.9. The number of sulfonamides is 1. The standard InChI is InChI=1S/C18H17ClN2O3S2/c1-11(12-7-9-13(10-8-12)26(20,23)24)21(2)18(22)17-16(19)14-5-3-4-6-15(14)25-17/h3-11H,1-2H3,(H2,20,23,24). The number of carbonyl (C=O) groups excluding carboxylic acids is 1. The minimum Gasteiger partial charge on any atom is -0.334 e. The average molecular weight is 409 g/mol. The zero-order valence-electron chi connectivity index (χ0n) is 14.1. The van der Waals surface area contributed by atoms with Crippen LogP contribution in [-0.4, -0.2) is 26.3 Å². The molecule has 1 amide bonds. The molecule has 0 radical (unpaired) electrons. The first-order valence-electron chi connectivity index (χ1n) is 7.77. The molecule has 0 saturated heterocycles. The lowest BCUT2D eigenvalue weighted by atomic mass is 10.1. The third-order valence-electron chi connectivity index (χ3n) is 4.32. The molecule has 5 nitrogen and oxygen atoms in total. The van der Waals surface area contributed by atoms with Gasteiger partial charge in [0.1, 0.15) is 4.88 Å². The first-order chi connectivity index (χ1) is 12.2. The van der Waals surface area contributed by atoms with Gasteiger partial charge in [0, 0.05) is 17.1 Å². The number of nitrogens with zero attached hydrogens (tertiary/aromatic N) is 1. The van der Waals surface area contributed by atoms with Crippen LogP contribution in [0.25, 0.3) is 10.1 Å². The fourth-order valence-corrected chi connectivity index (χ4v) is 4.66.